The smallest absolute Gasteiger partial charge is 0.127 e. The zero-order valence-corrected chi connectivity index (χ0v) is 11.3. The molecule has 0 saturated heterocycles. The number of methoxy groups -OCH3 is 1. The summed E-state index contributed by atoms with van der Waals surface area (Å²) in [4.78, 5) is 4.01. The van der Waals surface area contributed by atoms with Crippen LogP contribution in [0.3, 0.4) is 0 Å². The van der Waals surface area contributed by atoms with E-state index in [1.807, 2.05) is 6.92 Å². The highest BCUT2D eigenvalue weighted by Crippen LogP contribution is 2.25. The van der Waals surface area contributed by atoms with Gasteiger partial charge in [-0.2, -0.15) is 0 Å². The first-order valence-electron chi connectivity index (χ1n) is 5.60. The van der Waals surface area contributed by atoms with Crippen LogP contribution in [0.2, 0.25) is 0 Å². The van der Waals surface area contributed by atoms with Gasteiger partial charge in [-0.25, -0.2) is 0 Å². The van der Waals surface area contributed by atoms with Crippen LogP contribution in [-0.4, -0.2) is 29.8 Å². The molecule has 1 aromatic heterocycles. The second-order valence-corrected chi connectivity index (χ2v) is 3.81. The van der Waals surface area contributed by atoms with Crippen LogP contribution in [-0.2, 0) is 0 Å². The standard InChI is InChI=1S/C12H20N2O2.ClH/c1-4-6-14-9(2)12(15)10-8-13-7-5-11(10)16-3;/h5,7-9,12,14-15H,4,6H2,1-3H3;1H/t9-,12?;/m0./s1. The molecule has 1 unspecified atom stereocenters. The van der Waals surface area contributed by atoms with Crippen molar-refractivity contribution in [3.8, 4) is 5.75 Å². The maximum Gasteiger partial charge on any atom is 0.127 e. The molecule has 1 heterocycles. The van der Waals surface area contributed by atoms with Crippen molar-refractivity contribution in [1.29, 1.82) is 0 Å². The summed E-state index contributed by atoms with van der Waals surface area (Å²) in [5.41, 5.74) is 0.723. The largest absolute Gasteiger partial charge is 0.496 e. The van der Waals surface area contributed by atoms with Crippen LogP contribution >= 0.6 is 12.4 Å². The number of ether oxygens (including phenoxy) is 1. The number of aromatic nitrogens is 1. The van der Waals surface area contributed by atoms with Crippen LogP contribution in [0.1, 0.15) is 31.9 Å². The monoisotopic (exact) mass is 260 g/mol. The minimum absolute atomic E-state index is 0. The molecule has 17 heavy (non-hydrogen) atoms. The molecular formula is C12H21ClN2O2. The van der Waals surface area contributed by atoms with E-state index in [4.69, 9.17) is 4.74 Å². The highest BCUT2D eigenvalue weighted by Gasteiger charge is 2.19. The topological polar surface area (TPSA) is 54.4 Å². The number of hydrogen-bond donors (Lipinski definition) is 2. The molecule has 0 aliphatic rings. The van der Waals surface area contributed by atoms with Crippen molar-refractivity contribution in [2.24, 2.45) is 0 Å². The number of nitrogens with zero attached hydrogens (tertiary/aromatic N) is 1. The van der Waals surface area contributed by atoms with E-state index >= 15 is 0 Å². The lowest BCUT2D eigenvalue weighted by molar-refractivity contribution is 0.132. The maximum absolute atomic E-state index is 10.1. The summed E-state index contributed by atoms with van der Waals surface area (Å²) >= 11 is 0. The fourth-order valence-electron chi connectivity index (χ4n) is 1.55. The Hall–Kier alpha value is -0.840. The van der Waals surface area contributed by atoms with E-state index < -0.39 is 6.10 Å². The fraction of sp³-hybridized carbons (Fsp3) is 0.583. The lowest BCUT2D eigenvalue weighted by Crippen LogP contribution is -2.32. The highest BCUT2D eigenvalue weighted by atomic mass is 35.5. The molecule has 2 atom stereocenters. The zero-order chi connectivity index (χ0) is 12.0. The van der Waals surface area contributed by atoms with Crippen LogP contribution in [0.4, 0.5) is 0 Å². The van der Waals surface area contributed by atoms with Gasteiger partial charge in [0, 0.05) is 24.0 Å². The Morgan fingerprint density at radius 2 is 2.24 bits per heavy atom. The molecule has 0 aliphatic heterocycles. The van der Waals surface area contributed by atoms with Crippen LogP contribution < -0.4 is 10.1 Å². The third-order valence-corrected chi connectivity index (χ3v) is 2.54. The second-order valence-electron chi connectivity index (χ2n) is 3.81. The van der Waals surface area contributed by atoms with Crippen molar-refractivity contribution >= 4 is 12.4 Å². The molecule has 1 rings (SSSR count). The van der Waals surface area contributed by atoms with Crippen LogP contribution in [0.15, 0.2) is 18.5 Å². The molecule has 0 saturated carbocycles. The van der Waals surface area contributed by atoms with E-state index in [1.54, 1.807) is 25.6 Å². The van der Waals surface area contributed by atoms with E-state index in [0.717, 1.165) is 18.5 Å². The van der Waals surface area contributed by atoms with Gasteiger partial charge in [-0.3, -0.25) is 4.98 Å². The Bertz CT molecular complexity index is 323. The van der Waals surface area contributed by atoms with Crippen molar-refractivity contribution in [2.45, 2.75) is 32.4 Å². The molecule has 0 radical (unpaired) electrons. The van der Waals surface area contributed by atoms with Crippen molar-refractivity contribution in [2.75, 3.05) is 13.7 Å². The van der Waals surface area contributed by atoms with Gasteiger partial charge in [-0.1, -0.05) is 6.92 Å². The number of halogens is 1. The van der Waals surface area contributed by atoms with Gasteiger partial charge in [0.15, 0.2) is 0 Å². The maximum atomic E-state index is 10.1. The molecule has 0 aromatic carbocycles. The van der Waals surface area contributed by atoms with Gasteiger partial charge in [-0.15, -0.1) is 12.4 Å². The predicted molar refractivity (Wildman–Crippen MR) is 70.8 cm³/mol. The van der Waals surface area contributed by atoms with Gasteiger partial charge in [0.1, 0.15) is 5.75 Å². The van der Waals surface area contributed by atoms with Crippen molar-refractivity contribution in [1.82, 2.24) is 10.3 Å². The van der Waals surface area contributed by atoms with Crippen LogP contribution in [0.25, 0.3) is 0 Å². The molecule has 4 nitrogen and oxygen atoms in total. The molecule has 0 fully saturated rings. The van der Waals surface area contributed by atoms with Gasteiger partial charge in [0.2, 0.25) is 0 Å². The molecule has 0 aliphatic carbocycles. The van der Waals surface area contributed by atoms with Crippen molar-refractivity contribution in [3.05, 3.63) is 24.0 Å². The number of aliphatic hydroxyl groups is 1. The highest BCUT2D eigenvalue weighted by molar-refractivity contribution is 5.85. The minimum atomic E-state index is -0.602. The number of pyridine rings is 1. The second kappa shape index (κ2) is 8.28. The molecule has 0 amide bonds. The average molecular weight is 261 g/mol. The Morgan fingerprint density at radius 3 is 2.82 bits per heavy atom. The first-order chi connectivity index (χ1) is 7.70. The Labute approximate surface area is 109 Å². The molecule has 1 aromatic rings. The molecular weight excluding hydrogens is 240 g/mol. The number of nitrogens with one attached hydrogen (secondary N) is 1. The van der Waals surface area contributed by atoms with Gasteiger partial charge in [0.25, 0.3) is 0 Å². The Kier molecular flexibility index (Phi) is 7.87. The van der Waals surface area contributed by atoms with Crippen molar-refractivity contribution in [3.63, 3.8) is 0 Å². The van der Waals surface area contributed by atoms with Crippen molar-refractivity contribution < 1.29 is 9.84 Å². The molecule has 0 bridgehead atoms. The zero-order valence-electron chi connectivity index (χ0n) is 10.5. The molecule has 0 spiro atoms. The third-order valence-electron chi connectivity index (χ3n) is 2.54. The number of hydrogen-bond acceptors (Lipinski definition) is 4. The lowest BCUT2D eigenvalue weighted by Gasteiger charge is -2.21. The third kappa shape index (κ3) is 4.50. The number of aliphatic hydroxyl groups excluding tert-OH is 1. The first kappa shape index (κ1) is 16.2. The van der Waals surface area contributed by atoms with E-state index in [9.17, 15) is 5.11 Å². The van der Waals surface area contributed by atoms with Gasteiger partial charge in [0.05, 0.1) is 13.2 Å². The summed E-state index contributed by atoms with van der Waals surface area (Å²) < 4.78 is 5.19. The van der Waals surface area contributed by atoms with Gasteiger partial charge in [-0.05, 0) is 26.0 Å². The van der Waals surface area contributed by atoms with E-state index in [0.29, 0.717) is 5.75 Å². The summed E-state index contributed by atoms with van der Waals surface area (Å²) in [6.07, 6.45) is 3.74. The van der Waals surface area contributed by atoms with E-state index in [2.05, 4.69) is 17.2 Å². The first-order valence-corrected chi connectivity index (χ1v) is 5.60. The summed E-state index contributed by atoms with van der Waals surface area (Å²) in [5, 5.41) is 13.4. The number of rotatable bonds is 6. The average Bonchev–Trinajstić information content (AvgIpc) is 2.34. The van der Waals surface area contributed by atoms with Gasteiger partial charge >= 0.3 is 0 Å². The van der Waals surface area contributed by atoms with Gasteiger partial charge < -0.3 is 15.2 Å². The van der Waals surface area contributed by atoms with E-state index in [-0.39, 0.29) is 18.4 Å². The van der Waals surface area contributed by atoms with Crippen LogP contribution in [0, 0.1) is 0 Å². The lowest BCUT2D eigenvalue weighted by atomic mass is 10.0. The summed E-state index contributed by atoms with van der Waals surface area (Å²) in [6.45, 7) is 4.93. The fourth-order valence-corrected chi connectivity index (χ4v) is 1.55. The van der Waals surface area contributed by atoms with E-state index in [1.165, 1.54) is 0 Å². The summed E-state index contributed by atoms with van der Waals surface area (Å²) in [5.74, 6) is 0.674. The molecule has 5 heteroatoms. The quantitative estimate of drug-likeness (QED) is 0.821. The summed E-state index contributed by atoms with van der Waals surface area (Å²) in [7, 11) is 1.59. The molecule has 98 valence electrons. The SMILES string of the molecule is CCCN[C@@H](C)C(O)c1cnccc1OC.Cl. The van der Waals surface area contributed by atoms with Crippen LogP contribution in [0.5, 0.6) is 5.75 Å². The predicted octanol–water partition coefficient (Wildman–Crippen LogP) is 1.93. The minimum Gasteiger partial charge on any atom is -0.496 e. The Morgan fingerprint density at radius 1 is 1.53 bits per heavy atom. The normalized spacial score (nSPS) is 13.6. The Balaban J connectivity index is 0.00000256. The summed E-state index contributed by atoms with van der Waals surface area (Å²) in [6, 6.07) is 1.74. The molecule has 2 N–H and O–H groups in total.